The fraction of sp³-hybridized carbons (Fsp3) is 0.400. The molecule has 16 heavy (non-hydrogen) atoms. The van der Waals surface area contributed by atoms with Crippen LogP contribution in [0.1, 0.15) is 13.8 Å². The largest absolute Gasteiger partial charge is 0.466 e. The lowest BCUT2D eigenvalue weighted by atomic mass is 10.4. The van der Waals surface area contributed by atoms with E-state index in [1.165, 1.54) is 27.2 Å². The van der Waals surface area contributed by atoms with Gasteiger partial charge in [0.1, 0.15) is 0 Å². The van der Waals surface area contributed by atoms with Gasteiger partial charge in [-0.25, -0.2) is 4.79 Å². The minimum absolute atomic E-state index is 0.109. The van der Waals surface area contributed by atoms with Gasteiger partial charge in [0.05, 0.1) is 7.11 Å². The van der Waals surface area contributed by atoms with Crippen LogP contribution in [0, 0.1) is 0 Å². The topological polar surface area (TPSA) is 92.1 Å². The maximum absolute atomic E-state index is 9.96. The standard InChI is InChI=1S/C5H8O.C4H6O2.CH3N3/c1-3-4-5(2)6;1-3-4(5)6-2;1-3-4-2/h3-4H,1-2H3;3H,1H2,2H3;1H3. The van der Waals surface area contributed by atoms with Gasteiger partial charge in [0.2, 0.25) is 0 Å². The molecule has 0 amide bonds. The first kappa shape index (κ1) is 19.5. The van der Waals surface area contributed by atoms with Crippen molar-refractivity contribution in [2.24, 2.45) is 5.11 Å². The van der Waals surface area contributed by atoms with Gasteiger partial charge in [0, 0.05) is 18.0 Å². The van der Waals surface area contributed by atoms with E-state index in [1.54, 1.807) is 6.08 Å². The predicted octanol–water partition coefficient (Wildman–Crippen LogP) is 2.42. The smallest absolute Gasteiger partial charge is 0.329 e. The zero-order chi connectivity index (χ0) is 13.4. The highest BCUT2D eigenvalue weighted by Crippen LogP contribution is 1.69. The number of carbonyl (C=O) groups is 2. The Balaban J connectivity index is -0.000000162. The average molecular weight is 227 g/mol. The first-order valence-electron chi connectivity index (χ1n) is 4.26. The SMILES string of the molecule is C=CC(=O)OC.CC=CC(C)=O.CN=[N+]=[N-]. The number of azide groups is 1. The Morgan fingerprint density at radius 3 is 1.94 bits per heavy atom. The molecule has 6 nitrogen and oxygen atoms in total. The maximum Gasteiger partial charge on any atom is 0.329 e. The van der Waals surface area contributed by atoms with Gasteiger partial charge < -0.3 is 4.74 Å². The second kappa shape index (κ2) is 18.7. The minimum Gasteiger partial charge on any atom is -0.466 e. The number of hydrogen-bond acceptors (Lipinski definition) is 4. The van der Waals surface area contributed by atoms with Crippen LogP contribution in [-0.2, 0) is 14.3 Å². The van der Waals surface area contributed by atoms with Crippen molar-refractivity contribution in [3.8, 4) is 0 Å². The fourth-order valence-corrected chi connectivity index (χ4v) is 0.318. The molecule has 0 aromatic rings. The predicted molar refractivity (Wildman–Crippen MR) is 62.8 cm³/mol. The molecular formula is C10H17N3O3. The number of carbonyl (C=O) groups excluding carboxylic acids is 2. The van der Waals surface area contributed by atoms with Crippen molar-refractivity contribution >= 4 is 11.8 Å². The number of rotatable bonds is 2. The van der Waals surface area contributed by atoms with Crippen LogP contribution >= 0.6 is 0 Å². The lowest BCUT2D eigenvalue weighted by Crippen LogP contribution is -1.91. The van der Waals surface area contributed by atoms with E-state index in [2.05, 4.69) is 21.3 Å². The Morgan fingerprint density at radius 1 is 1.50 bits per heavy atom. The molecule has 0 aliphatic heterocycles. The van der Waals surface area contributed by atoms with Crippen LogP contribution in [0.4, 0.5) is 0 Å². The van der Waals surface area contributed by atoms with E-state index in [1.807, 2.05) is 6.92 Å². The highest BCUT2D eigenvalue weighted by molar-refractivity contribution is 5.87. The third-order valence-electron chi connectivity index (χ3n) is 0.859. The van der Waals surface area contributed by atoms with Gasteiger partial charge in [-0.05, 0) is 25.5 Å². The Hall–Kier alpha value is -2.07. The van der Waals surface area contributed by atoms with E-state index in [0.29, 0.717) is 0 Å². The van der Waals surface area contributed by atoms with Crippen LogP contribution in [0.25, 0.3) is 10.4 Å². The molecule has 0 bridgehead atoms. The third-order valence-corrected chi connectivity index (χ3v) is 0.859. The molecule has 6 heteroatoms. The molecule has 0 N–H and O–H groups in total. The lowest BCUT2D eigenvalue weighted by molar-refractivity contribution is -0.134. The fourth-order valence-electron chi connectivity index (χ4n) is 0.318. The average Bonchev–Trinajstić information content (AvgIpc) is 2.29. The summed E-state index contributed by atoms with van der Waals surface area (Å²) in [6.45, 7) is 6.51. The molecule has 0 aromatic heterocycles. The number of hydrogen-bond donors (Lipinski definition) is 0. The summed E-state index contributed by atoms with van der Waals surface area (Å²) in [5.41, 5.74) is 7.33. The highest BCUT2D eigenvalue weighted by Gasteiger charge is 1.81. The normalized spacial score (nSPS) is 7.25. The number of esters is 1. The van der Waals surface area contributed by atoms with Crippen molar-refractivity contribution in [1.82, 2.24) is 0 Å². The summed E-state index contributed by atoms with van der Waals surface area (Å²) in [4.78, 5) is 22.2. The van der Waals surface area contributed by atoms with Crippen LogP contribution in [-0.4, -0.2) is 25.9 Å². The van der Waals surface area contributed by atoms with Gasteiger partial charge in [-0.15, -0.1) is 0 Å². The van der Waals surface area contributed by atoms with E-state index in [4.69, 9.17) is 5.53 Å². The summed E-state index contributed by atoms with van der Waals surface area (Å²) in [5, 5.41) is 2.92. The second-order valence-corrected chi connectivity index (χ2v) is 2.13. The van der Waals surface area contributed by atoms with Crippen molar-refractivity contribution in [2.45, 2.75) is 13.8 Å². The molecular weight excluding hydrogens is 210 g/mol. The van der Waals surface area contributed by atoms with E-state index in [0.717, 1.165) is 6.08 Å². The quantitative estimate of drug-likeness (QED) is 0.238. The van der Waals surface area contributed by atoms with E-state index in [-0.39, 0.29) is 5.78 Å². The van der Waals surface area contributed by atoms with Gasteiger partial charge in [-0.1, -0.05) is 17.8 Å². The summed E-state index contributed by atoms with van der Waals surface area (Å²) in [6.07, 6.45) is 4.36. The first-order valence-corrected chi connectivity index (χ1v) is 4.26. The zero-order valence-corrected chi connectivity index (χ0v) is 10.0. The van der Waals surface area contributed by atoms with Crippen molar-refractivity contribution in [2.75, 3.05) is 14.2 Å². The van der Waals surface area contributed by atoms with Crippen molar-refractivity contribution in [3.63, 3.8) is 0 Å². The second-order valence-electron chi connectivity index (χ2n) is 2.13. The molecule has 0 atom stereocenters. The Morgan fingerprint density at radius 2 is 1.94 bits per heavy atom. The Labute approximate surface area is 95.2 Å². The minimum atomic E-state index is -0.394. The summed E-state index contributed by atoms with van der Waals surface area (Å²) in [7, 11) is 2.70. The number of ether oxygens (including phenoxy) is 1. The van der Waals surface area contributed by atoms with E-state index in [9.17, 15) is 9.59 Å². The zero-order valence-electron chi connectivity index (χ0n) is 10.0. The van der Waals surface area contributed by atoms with Crippen molar-refractivity contribution in [3.05, 3.63) is 35.2 Å². The molecule has 0 rings (SSSR count). The van der Waals surface area contributed by atoms with Crippen molar-refractivity contribution in [1.29, 1.82) is 0 Å². The van der Waals surface area contributed by atoms with Gasteiger partial charge in [-0.2, -0.15) is 0 Å². The van der Waals surface area contributed by atoms with Crippen LogP contribution in [0.2, 0.25) is 0 Å². The monoisotopic (exact) mass is 227 g/mol. The van der Waals surface area contributed by atoms with Gasteiger partial charge in [0.25, 0.3) is 0 Å². The molecule has 0 fully saturated rings. The van der Waals surface area contributed by atoms with E-state index < -0.39 is 5.97 Å². The van der Waals surface area contributed by atoms with Gasteiger partial charge in [-0.3, -0.25) is 4.79 Å². The van der Waals surface area contributed by atoms with E-state index >= 15 is 0 Å². The molecule has 90 valence electrons. The molecule has 0 aromatic carbocycles. The Kier molecular flexibility index (Phi) is 22.7. The lowest BCUT2D eigenvalue weighted by Gasteiger charge is -1.83. The number of ketones is 1. The molecule has 0 aliphatic rings. The highest BCUT2D eigenvalue weighted by atomic mass is 16.5. The summed E-state index contributed by atoms with van der Waals surface area (Å²) in [5.74, 6) is -0.285. The van der Waals surface area contributed by atoms with Gasteiger partial charge >= 0.3 is 5.97 Å². The third kappa shape index (κ3) is 40.5. The van der Waals surface area contributed by atoms with Crippen molar-refractivity contribution < 1.29 is 14.3 Å². The molecule has 0 unspecified atom stereocenters. The van der Waals surface area contributed by atoms with Crippen LogP contribution in [0.5, 0.6) is 0 Å². The number of methoxy groups -OCH3 is 1. The number of allylic oxidation sites excluding steroid dienone is 2. The van der Waals surface area contributed by atoms with Crippen LogP contribution < -0.4 is 0 Å². The molecule has 0 heterocycles. The Bertz CT molecular complexity index is 279. The number of nitrogens with zero attached hydrogens (tertiary/aromatic N) is 3. The van der Waals surface area contributed by atoms with Crippen LogP contribution in [0.15, 0.2) is 29.9 Å². The maximum atomic E-state index is 9.96. The van der Waals surface area contributed by atoms with Gasteiger partial charge in [0.15, 0.2) is 5.78 Å². The molecule has 0 radical (unpaired) electrons. The molecule has 0 aliphatic carbocycles. The summed E-state index contributed by atoms with van der Waals surface area (Å²) in [6, 6.07) is 0. The summed E-state index contributed by atoms with van der Waals surface area (Å²) >= 11 is 0. The molecule has 0 spiro atoms. The van der Waals surface area contributed by atoms with Crippen LogP contribution in [0.3, 0.4) is 0 Å². The summed E-state index contributed by atoms with van der Waals surface area (Å²) < 4.78 is 4.14. The molecule has 0 saturated heterocycles. The molecule has 0 saturated carbocycles. The first-order chi connectivity index (χ1) is 7.49.